The highest BCUT2D eigenvalue weighted by molar-refractivity contribution is 5.18. The predicted molar refractivity (Wildman–Crippen MR) is 58.8 cm³/mol. The van der Waals surface area contributed by atoms with E-state index < -0.39 is 23.9 Å². The van der Waals surface area contributed by atoms with E-state index in [1.54, 1.807) is 0 Å². The Morgan fingerprint density at radius 3 is 2.53 bits per heavy atom. The number of halogens is 3. The summed E-state index contributed by atoms with van der Waals surface area (Å²) < 4.78 is 36.9. The van der Waals surface area contributed by atoms with Crippen LogP contribution in [0.3, 0.4) is 0 Å². The molecule has 0 spiro atoms. The normalized spacial score (nSPS) is 14.6. The summed E-state index contributed by atoms with van der Waals surface area (Å²) in [5.74, 6) is 0. The van der Waals surface area contributed by atoms with Crippen LogP contribution in [-0.4, -0.2) is 27.8 Å². The molecular weight excluding hydrogens is 265 g/mol. The molecule has 1 aromatic heterocycles. The minimum Gasteiger partial charge on any atom is -0.390 e. The Morgan fingerprint density at radius 1 is 1.37 bits per heavy atom. The highest BCUT2D eigenvalue weighted by Crippen LogP contribution is 2.29. The third kappa shape index (κ3) is 4.40. The molecule has 2 atom stereocenters. The number of alkyl halides is 3. The fourth-order valence-corrected chi connectivity index (χ4v) is 1.34. The Hall–Kier alpha value is -1.83. The summed E-state index contributed by atoms with van der Waals surface area (Å²) in [5, 5.41) is 22.4. The molecular formula is C10H11F3N4O2. The van der Waals surface area contributed by atoms with Gasteiger partial charge in [-0.05, 0) is 24.1 Å². The molecule has 0 aliphatic heterocycles. The number of rotatable bonds is 5. The topological polar surface area (TPSA) is 102 Å². The van der Waals surface area contributed by atoms with Crippen LogP contribution in [-0.2, 0) is 6.18 Å². The van der Waals surface area contributed by atoms with E-state index >= 15 is 0 Å². The van der Waals surface area contributed by atoms with Gasteiger partial charge in [-0.15, -0.1) is 0 Å². The molecule has 0 fully saturated rings. The van der Waals surface area contributed by atoms with Crippen molar-refractivity contribution < 1.29 is 23.4 Å². The fraction of sp³-hybridized carbons (Fsp3) is 0.500. The van der Waals surface area contributed by atoms with Gasteiger partial charge < -0.3 is 10.2 Å². The number of aliphatic hydroxyl groups excluding tert-OH is 2. The molecule has 0 saturated heterocycles. The summed E-state index contributed by atoms with van der Waals surface area (Å²) in [6, 6.07) is 1.76. The molecule has 0 aliphatic rings. The molecule has 0 aliphatic carbocycles. The van der Waals surface area contributed by atoms with E-state index in [1.807, 2.05) is 0 Å². The van der Waals surface area contributed by atoms with Crippen LogP contribution in [0, 0.1) is 0 Å². The zero-order chi connectivity index (χ0) is 14.5. The third-order valence-corrected chi connectivity index (χ3v) is 2.37. The van der Waals surface area contributed by atoms with Crippen molar-refractivity contribution in [2.24, 2.45) is 5.11 Å². The molecule has 0 saturated carbocycles. The van der Waals surface area contributed by atoms with E-state index in [9.17, 15) is 23.4 Å². The van der Waals surface area contributed by atoms with Crippen molar-refractivity contribution in [2.45, 2.75) is 24.8 Å². The van der Waals surface area contributed by atoms with Gasteiger partial charge in [0, 0.05) is 17.7 Å². The number of azide groups is 1. The Kier molecular flexibility index (Phi) is 5.11. The summed E-state index contributed by atoms with van der Waals surface area (Å²) >= 11 is 0. The molecule has 2 unspecified atom stereocenters. The van der Waals surface area contributed by atoms with Gasteiger partial charge in [-0.25, -0.2) is 0 Å². The van der Waals surface area contributed by atoms with Crippen LogP contribution < -0.4 is 0 Å². The van der Waals surface area contributed by atoms with E-state index in [2.05, 4.69) is 15.0 Å². The molecule has 6 nitrogen and oxygen atoms in total. The van der Waals surface area contributed by atoms with Crippen molar-refractivity contribution in [2.75, 3.05) is 6.54 Å². The van der Waals surface area contributed by atoms with Crippen LogP contribution in [0.15, 0.2) is 23.4 Å². The first kappa shape index (κ1) is 15.2. The fourth-order valence-electron chi connectivity index (χ4n) is 1.34. The standard InChI is InChI=1S/C10H11F3N4O2/c11-10(12,13)6-1-2-7(15-5-6)9(19)8(18)3-4-16-17-14/h1-2,5,8-9,18-19H,3-4H2. The highest BCUT2D eigenvalue weighted by atomic mass is 19.4. The van der Waals surface area contributed by atoms with Crippen molar-refractivity contribution >= 4 is 0 Å². The van der Waals surface area contributed by atoms with Crippen molar-refractivity contribution in [3.8, 4) is 0 Å². The van der Waals surface area contributed by atoms with Gasteiger partial charge in [0.1, 0.15) is 6.10 Å². The number of aliphatic hydroxyl groups is 2. The summed E-state index contributed by atoms with van der Waals surface area (Å²) in [7, 11) is 0. The maximum atomic E-state index is 12.3. The van der Waals surface area contributed by atoms with Gasteiger partial charge in [0.05, 0.1) is 17.4 Å². The second-order valence-corrected chi connectivity index (χ2v) is 3.72. The van der Waals surface area contributed by atoms with Crippen LogP contribution >= 0.6 is 0 Å². The molecule has 9 heteroatoms. The van der Waals surface area contributed by atoms with Gasteiger partial charge in [0.2, 0.25) is 0 Å². The van der Waals surface area contributed by atoms with E-state index in [0.717, 1.165) is 12.1 Å². The summed E-state index contributed by atoms with van der Waals surface area (Å²) in [4.78, 5) is 5.93. The van der Waals surface area contributed by atoms with Gasteiger partial charge in [-0.1, -0.05) is 5.11 Å². The van der Waals surface area contributed by atoms with E-state index in [4.69, 9.17) is 5.53 Å². The SMILES string of the molecule is [N-]=[N+]=NCCC(O)C(O)c1ccc(C(F)(F)F)cn1. The zero-order valence-corrected chi connectivity index (χ0v) is 9.62. The Labute approximate surface area is 106 Å². The van der Waals surface area contributed by atoms with Crippen molar-refractivity contribution in [1.29, 1.82) is 0 Å². The van der Waals surface area contributed by atoms with Gasteiger partial charge in [-0.2, -0.15) is 13.2 Å². The van der Waals surface area contributed by atoms with Crippen molar-refractivity contribution in [1.82, 2.24) is 4.98 Å². The average Bonchev–Trinajstić information content (AvgIpc) is 2.37. The maximum absolute atomic E-state index is 12.3. The van der Waals surface area contributed by atoms with E-state index in [-0.39, 0.29) is 18.7 Å². The minimum atomic E-state index is -4.50. The lowest BCUT2D eigenvalue weighted by Gasteiger charge is -2.16. The van der Waals surface area contributed by atoms with Gasteiger partial charge in [0.25, 0.3) is 0 Å². The van der Waals surface area contributed by atoms with Crippen LogP contribution in [0.2, 0.25) is 0 Å². The van der Waals surface area contributed by atoms with Crippen molar-refractivity contribution in [3.05, 3.63) is 40.0 Å². The Bertz CT molecular complexity index is 457. The molecule has 0 amide bonds. The van der Waals surface area contributed by atoms with E-state index in [0.29, 0.717) is 6.20 Å². The molecule has 0 aromatic carbocycles. The largest absolute Gasteiger partial charge is 0.417 e. The lowest BCUT2D eigenvalue weighted by atomic mass is 10.1. The molecule has 1 aromatic rings. The summed E-state index contributed by atoms with van der Waals surface area (Å²) in [5.41, 5.74) is 7.02. The number of pyridine rings is 1. The van der Waals surface area contributed by atoms with Gasteiger partial charge in [-0.3, -0.25) is 4.98 Å². The smallest absolute Gasteiger partial charge is 0.390 e. The first-order valence-electron chi connectivity index (χ1n) is 5.26. The van der Waals surface area contributed by atoms with Crippen molar-refractivity contribution in [3.63, 3.8) is 0 Å². The first-order chi connectivity index (χ1) is 8.86. The zero-order valence-electron chi connectivity index (χ0n) is 9.62. The number of hydrogen-bond acceptors (Lipinski definition) is 4. The number of nitrogens with zero attached hydrogens (tertiary/aromatic N) is 4. The second-order valence-electron chi connectivity index (χ2n) is 3.72. The molecule has 1 rings (SSSR count). The predicted octanol–water partition coefficient (Wildman–Crippen LogP) is 2.20. The molecule has 0 radical (unpaired) electrons. The molecule has 104 valence electrons. The second kappa shape index (κ2) is 6.37. The van der Waals surface area contributed by atoms with Gasteiger partial charge in [0.15, 0.2) is 0 Å². The highest BCUT2D eigenvalue weighted by Gasteiger charge is 2.31. The molecule has 19 heavy (non-hydrogen) atoms. The van der Waals surface area contributed by atoms with Crippen LogP contribution in [0.4, 0.5) is 13.2 Å². The molecule has 2 N–H and O–H groups in total. The van der Waals surface area contributed by atoms with Crippen LogP contribution in [0.25, 0.3) is 10.4 Å². The Balaban J connectivity index is 2.72. The monoisotopic (exact) mass is 276 g/mol. The lowest BCUT2D eigenvalue weighted by Crippen LogP contribution is -2.20. The van der Waals surface area contributed by atoms with Gasteiger partial charge >= 0.3 is 6.18 Å². The molecule has 1 heterocycles. The van der Waals surface area contributed by atoms with Crippen LogP contribution in [0.5, 0.6) is 0 Å². The Morgan fingerprint density at radius 2 is 2.05 bits per heavy atom. The first-order valence-corrected chi connectivity index (χ1v) is 5.26. The third-order valence-electron chi connectivity index (χ3n) is 2.37. The summed E-state index contributed by atoms with van der Waals surface area (Å²) in [6.45, 7) is -0.0324. The average molecular weight is 276 g/mol. The lowest BCUT2D eigenvalue weighted by molar-refractivity contribution is -0.137. The minimum absolute atomic E-state index is 0.0199. The quantitative estimate of drug-likeness (QED) is 0.489. The number of hydrogen-bond donors (Lipinski definition) is 2. The van der Waals surface area contributed by atoms with Crippen LogP contribution in [0.1, 0.15) is 23.8 Å². The maximum Gasteiger partial charge on any atom is 0.417 e. The number of aromatic nitrogens is 1. The summed E-state index contributed by atoms with van der Waals surface area (Å²) in [6.07, 6.45) is -6.64. The van der Waals surface area contributed by atoms with E-state index in [1.165, 1.54) is 0 Å². The molecule has 0 bridgehead atoms.